The summed E-state index contributed by atoms with van der Waals surface area (Å²) < 4.78 is 24.7. The van der Waals surface area contributed by atoms with Gasteiger partial charge in [-0.05, 0) is 116 Å². The largest absolute Gasteiger partial charge is 0.494 e. The average Bonchev–Trinajstić information content (AvgIpc) is 3.13. The highest BCUT2D eigenvalue weighted by atomic mass is 16.5. The lowest BCUT2D eigenvalue weighted by Gasteiger charge is -2.26. The summed E-state index contributed by atoms with van der Waals surface area (Å²) in [5.41, 5.74) is 7.79. The van der Waals surface area contributed by atoms with Crippen LogP contribution < -0.4 is 18.9 Å². The quantitative estimate of drug-likeness (QED) is 0.0892. The van der Waals surface area contributed by atoms with E-state index in [-0.39, 0.29) is 21.7 Å². The van der Waals surface area contributed by atoms with E-state index in [9.17, 15) is 0 Å². The highest BCUT2D eigenvalue weighted by Crippen LogP contribution is 2.35. The maximum absolute atomic E-state index is 6.28. The van der Waals surface area contributed by atoms with Crippen LogP contribution in [0.4, 0.5) is 0 Å². The van der Waals surface area contributed by atoms with E-state index in [2.05, 4.69) is 168 Å². The fourth-order valence-corrected chi connectivity index (χ4v) is 6.44. The van der Waals surface area contributed by atoms with E-state index in [1.54, 1.807) is 0 Å². The van der Waals surface area contributed by atoms with Gasteiger partial charge in [-0.2, -0.15) is 0 Å². The molecule has 4 rings (SSSR count). The Hall–Kier alpha value is -3.92. The molecule has 0 saturated carbocycles. The predicted molar refractivity (Wildman–Crippen MR) is 237 cm³/mol. The first kappa shape index (κ1) is 44.8. The molecule has 4 aromatic rings. The van der Waals surface area contributed by atoms with Crippen LogP contribution in [-0.2, 0) is 34.9 Å². The number of hydrogen-bond donors (Lipinski definition) is 0. The van der Waals surface area contributed by atoms with Crippen molar-refractivity contribution >= 4 is 0 Å². The van der Waals surface area contributed by atoms with Crippen LogP contribution in [0.25, 0.3) is 0 Å². The molecule has 4 heteroatoms. The maximum atomic E-state index is 6.28. The van der Waals surface area contributed by atoms with Gasteiger partial charge in [-0.15, -0.1) is 0 Å². The van der Waals surface area contributed by atoms with Gasteiger partial charge in [0.1, 0.15) is 36.2 Å². The molecule has 0 aliphatic rings. The van der Waals surface area contributed by atoms with E-state index in [1.165, 1.54) is 60.8 Å². The zero-order valence-corrected chi connectivity index (χ0v) is 37.2. The van der Waals surface area contributed by atoms with Gasteiger partial charge >= 0.3 is 0 Å². The van der Waals surface area contributed by atoms with Crippen molar-refractivity contribution in [2.45, 2.75) is 169 Å². The van der Waals surface area contributed by atoms with Gasteiger partial charge in [0.2, 0.25) is 0 Å². The topological polar surface area (TPSA) is 36.9 Å². The first-order valence-electron chi connectivity index (χ1n) is 21.3. The number of ether oxygens (including phenoxy) is 4. The average molecular weight is 763 g/mol. The van der Waals surface area contributed by atoms with E-state index in [4.69, 9.17) is 18.9 Å². The molecule has 0 saturated heterocycles. The van der Waals surface area contributed by atoms with Crippen molar-refractivity contribution in [1.82, 2.24) is 0 Å². The Morgan fingerprint density at radius 2 is 0.571 bits per heavy atom. The van der Waals surface area contributed by atoms with Crippen LogP contribution in [0, 0.1) is 0 Å². The second kappa shape index (κ2) is 20.0. The molecule has 56 heavy (non-hydrogen) atoms. The van der Waals surface area contributed by atoms with Crippen molar-refractivity contribution in [3.05, 3.63) is 118 Å². The lowest BCUT2D eigenvalue weighted by Crippen LogP contribution is -2.16. The second-order valence-corrected chi connectivity index (χ2v) is 19.9. The van der Waals surface area contributed by atoms with Gasteiger partial charge in [-0.1, -0.05) is 158 Å². The van der Waals surface area contributed by atoms with Crippen LogP contribution in [0.2, 0.25) is 0 Å². The highest BCUT2D eigenvalue weighted by Gasteiger charge is 2.22. The molecule has 0 aromatic heterocycles. The van der Waals surface area contributed by atoms with Gasteiger partial charge < -0.3 is 18.9 Å². The molecule has 4 nitrogen and oxygen atoms in total. The van der Waals surface area contributed by atoms with Crippen molar-refractivity contribution < 1.29 is 18.9 Å². The van der Waals surface area contributed by atoms with Crippen LogP contribution in [-0.4, -0.2) is 13.2 Å². The number of rotatable bonds is 19. The Labute approximate surface area is 341 Å². The third-order valence-corrected chi connectivity index (χ3v) is 10.5. The first-order chi connectivity index (χ1) is 26.3. The molecule has 0 amide bonds. The van der Waals surface area contributed by atoms with Gasteiger partial charge in [-0.25, -0.2) is 0 Å². The van der Waals surface area contributed by atoms with Gasteiger partial charge in [0, 0.05) is 0 Å². The molecule has 0 atom stereocenters. The monoisotopic (exact) mass is 763 g/mol. The van der Waals surface area contributed by atoms with Gasteiger partial charge in [0.25, 0.3) is 0 Å². The molecular formula is C52H74O4. The van der Waals surface area contributed by atoms with Crippen LogP contribution in [0.5, 0.6) is 23.0 Å². The molecule has 0 heterocycles. The van der Waals surface area contributed by atoms with E-state index in [0.29, 0.717) is 13.2 Å². The molecule has 0 N–H and O–H groups in total. The second-order valence-electron chi connectivity index (χ2n) is 19.9. The summed E-state index contributed by atoms with van der Waals surface area (Å²) in [7, 11) is 0. The predicted octanol–water partition coefficient (Wildman–Crippen LogP) is 14.6. The molecule has 306 valence electrons. The van der Waals surface area contributed by atoms with E-state index >= 15 is 0 Å². The van der Waals surface area contributed by atoms with E-state index < -0.39 is 0 Å². The van der Waals surface area contributed by atoms with Crippen LogP contribution in [0.15, 0.2) is 84.9 Å². The van der Waals surface area contributed by atoms with E-state index in [1.807, 2.05) is 0 Å². The Balaban J connectivity index is 1.03. The van der Waals surface area contributed by atoms with Crippen molar-refractivity contribution in [3.63, 3.8) is 0 Å². The van der Waals surface area contributed by atoms with Crippen molar-refractivity contribution in [3.8, 4) is 23.0 Å². The van der Waals surface area contributed by atoms with Gasteiger partial charge in [0.15, 0.2) is 0 Å². The third-order valence-electron chi connectivity index (χ3n) is 10.5. The van der Waals surface area contributed by atoms with Crippen LogP contribution >= 0.6 is 0 Å². The maximum Gasteiger partial charge on any atom is 0.120 e. The number of benzene rings is 4. The normalized spacial score (nSPS) is 12.4. The van der Waals surface area contributed by atoms with Crippen LogP contribution in [0.1, 0.15) is 168 Å². The zero-order valence-electron chi connectivity index (χ0n) is 37.2. The first-order valence-corrected chi connectivity index (χ1v) is 21.3. The summed E-state index contributed by atoms with van der Waals surface area (Å²) in [5, 5.41) is 0. The minimum absolute atomic E-state index is 0.0697. The highest BCUT2D eigenvalue weighted by molar-refractivity contribution is 5.42. The molecule has 0 unspecified atom stereocenters. The number of unbranched alkanes of at least 4 members (excludes halogenated alkanes) is 7. The van der Waals surface area contributed by atoms with Crippen molar-refractivity contribution in [1.29, 1.82) is 0 Å². The fourth-order valence-electron chi connectivity index (χ4n) is 6.44. The van der Waals surface area contributed by atoms with E-state index in [0.717, 1.165) is 60.2 Å². The summed E-state index contributed by atoms with van der Waals surface area (Å²) in [6.45, 7) is 29.7. The lowest BCUT2D eigenvalue weighted by molar-refractivity contribution is 0.297. The summed E-state index contributed by atoms with van der Waals surface area (Å²) in [5.74, 6) is 3.73. The zero-order chi connectivity index (χ0) is 41.0. The molecule has 0 spiro atoms. The third kappa shape index (κ3) is 15.2. The smallest absolute Gasteiger partial charge is 0.120 e. The Kier molecular flexibility index (Phi) is 16.0. The van der Waals surface area contributed by atoms with Crippen LogP contribution in [0.3, 0.4) is 0 Å². The summed E-state index contributed by atoms with van der Waals surface area (Å²) in [4.78, 5) is 0. The van der Waals surface area contributed by atoms with Crippen molar-refractivity contribution in [2.75, 3.05) is 13.2 Å². The molecular weight excluding hydrogens is 689 g/mol. The minimum atomic E-state index is 0.0697. The Morgan fingerprint density at radius 1 is 0.304 bits per heavy atom. The van der Waals surface area contributed by atoms with Gasteiger partial charge in [-0.3, -0.25) is 0 Å². The Morgan fingerprint density at radius 3 is 0.839 bits per heavy atom. The Bertz CT molecular complexity index is 1560. The minimum Gasteiger partial charge on any atom is -0.494 e. The number of hydrogen-bond acceptors (Lipinski definition) is 4. The molecule has 0 fully saturated rings. The fraction of sp³-hybridized carbons (Fsp3) is 0.538. The van der Waals surface area contributed by atoms with Gasteiger partial charge in [0.05, 0.1) is 13.2 Å². The van der Waals surface area contributed by atoms with Crippen molar-refractivity contribution in [2.24, 2.45) is 0 Å². The molecule has 0 bridgehead atoms. The molecule has 0 aliphatic carbocycles. The lowest BCUT2D eigenvalue weighted by atomic mass is 9.80. The SMILES string of the molecule is CC(C)(C)c1cc(OCc2ccc(OCCCCCCCCCCOc3ccc(COc4cc(C(C)(C)C)cc(C(C)(C)C)c4)cc3)cc2)cc(C(C)(C)C)c1. The molecule has 0 radical (unpaired) electrons. The summed E-state index contributed by atoms with van der Waals surface area (Å²) >= 11 is 0. The standard InChI is InChI=1S/C52H74O4/c1-49(2,3)41-31-42(50(4,5)6)34-47(33-41)55-37-39-21-25-45(26-22-39)53-29-19-17-15-13-14-16-18-20-30-54-46-27-23-40(24-28-46)38-56-48-35-43(51(7,8)9)32-44(36-48)52(10,11)12/h21-28,31-36H,13-20,29-30,37-38H2,1-12H3. The summed E-state index contributed by atoms with van der Waals surface area (Å²) in [6.07, 6.45) is 9.69. The molecule has 4 aromatic carbocycles. The molecule has 0 aliphatic heterocycles. The summed E-state index contributed by atoms with van der Waals surface area (Å²) in [6, 6.07) is 30.1.